The molecule has 3 rings (SSSR count). The Morgan fingerprint density at radius 2 is 2.08 bits per heavy atom. The molecule has 0 spiro atoms. The molecule has 0 bridgehead atoms. The molecule has 0 radical (unpaired) electrons. The van der Waals surface area contributed by atoms with Crippen molar-refractivity contribution in [1.82, 2.24) is 0 Å². The van der Waals surface area contributed by atoms with Crippen LogP contribution in [-0.4, -0.2) is 16.7 Å². The Bertz CT molecular complexity index is 878. The summed E-state index contributed by atoms with van der Waals surface area (Å²) < 4.78 is 0. The van der Waals surface area contributed by atoms with E-state index in [0.29, 0.717) is 10.6 Å². The molecular weight excluding hydrogens is 354 g/mol. The highest BCUT2D eigenvalue weighted by atomic mass is 35.5. The van der Waals surface area contributed by atoms with Crippen molar-refractivity contribution >= 4 is 45.4 Å². The van der Waals surface area contributed by atoms with Gasteiger partial charge in [-0.05, 0) is 30.9 Å². The number of hydrogen-bond acceptors (Lipinski definition) is 5. The van der Waals surface area contributed by atoms with Crippen molar-refractivity contribution in [3.8, 4) is 0 Å². The highest BCUT2D eigenvalue weighted by molar-refractivity contribution is 7.17. The van der Waals surface area contributed by atoms with Crippen molar-refractivity contribution in [3.05, 3.63) is 54.9 Å². The Labute approximate surface area is 145 Å². The second-order valence-electron chi connectivity index (χ2n) is 5.30. The van der Waals surface area contributed by atoms with Crippen LogP contribution in [0.25, 0.3) is 0 Å². The van der Waals surface area contributed by atoms with E-state index in [9.17, 15) is 19.7 Å². The summed E-state index contributed by atoms with van der Waals surface area (Å²) in [6, 6.07) is 3.61. The number of rotatable bonds is 4. The molecule has 1 aromatic heterocycles. The fourth-order valence-corrected chi connectivity index (χ4v) is 4.22. The lowest BCUT2D eigenvalue weighted by atomic mass is 10.1. The van der Waals surface area contributed by atoms with Crippen LogP contribution in [0.2, 0.25) is 5.02 Å². The van der Waals surface area contributed by atoms with E-state index in [1.54, 1.807) is 0 Å². The maximum Gasteiger partial charge on any atom is 0.270 e. The first kappa shape index (κ1) is 16.4. The fourth-order valence-electron chi connectivity index (χ4n) is 2.72. The number of primary amides is 1. The lowest BCUT2D eigenvalue weighted by molar-refractivity contribution is -0.384. The first-order valence-electron chi connectivity index (χ1n) is 7.08. The summed E-state index contributed by atoms with van der Waals surface area (Å²) in [7, 11) is 0. The van der Waals surface area contributed by atoms with Crippen molar-refractivity contribution in [2.24, 2.45) is 5.73 Å². The van der Waals surface area contributed by atoms with E-state index in [2.05, 4.69) is 5.32 Å². The first-order valence-corrected chi connectivity index (χ1v) is 8.27. The van der Waals surface area contributed by atoms with Gasteiger partial charge in [-0.3, -0.25) is 19.7 Å². The molecule has 3 N–H and O–H groups in total. The quantitative estimate of drug-likeness (QED) is 0.639. The minimum absolute atomic E-state index is 0.0325. The van der Waals surface area contributed by atoms with Gasteiger partial charge in [-0.25, -0.2) is 0 Å². The molecule has 0 unspecified atom stereocenters. The van der Waals surface area contributed by atoms with Gasteiger partial charge in [0.2, 0.25) is 0 Å². The monoisotopic (exact) mass is 365 g/mol. The molecule has 1 heterocycles. The molecule has 1 aliphatic carbocycles. The normalized spacial score (nSPS) is 12.7. The van der Waals surface area contributed by atoms with Gasteiger partial charge in [0.05, 0.1) is 21.1 Å². The Hall–Kier alpha value is -2.45. The second-order valence-corrected chi connectivity index (χ2v) is 6.81. The van der Waals surface area contributed by atoms with Gasteiger partial charge in [-0.1, -0.05) is 11.6 Å². The molecule has 0 saturated carbocycles. The zero-order chi connectivity index (χ0) is 17.4. The SMILES string of the molecule is NC(=O)c1c(NC(=O)c2cc([N+](=O)[O-])ccc2Cl)sc2c1CCC2. The molecule has 2 aromatic rings. The predicted molar refractivity (Wildman–Crippen MR) is 90.9 cm³/mol. The molecule has 9 heteroatoms. The third-order valence-electron chi connectivity index (χ3n) is 3.80. The summed E-state index contributed by atoms with van der Waals surface area (Å²) in [4.78, 5) is 35.5. The molecule has 0 atom stereocenters. The number of carbonyl (C=O) groups excluding carboxylic acids is 2. The van der Waals surface area contributed by atoms with Crippen LogP contribution in [0.1, 0.15) is 37.6 Å². The van der Waals surface area contributed by atoms with Crippen molar-refractivity contribution < 1.29 is 14.5 Å². The van der Waals surface area contributed by atoms with E-state index in [0.717, 1.165) is 35.8 Å². The number of amides is 2. The highest BCUT2D eigenvalue weighted by Crippen LogP contribution is 2.39. The number of thiophene rings is 1. The van der Waals surface area contributed by atoms with Crippen LogP contribution in [0.15, 0.2) is 18.2 Å². The van der Waals surface area contributed by atoms with E-state index < -0.39 is 16.7 Å². The van der Waals surface area contributed by atoms with Crippen molar-refractivity contribution in [3.63, 3.8) is 0 Å². The van der Waals surface area contributed by atoms with Crippen LogP contribution in [0.4, 0.5) is 10.7 Å². The molecule has 24 heavy (non-hydrogen) atoms. The number of nitrogens with zero attached hydrogens (tertiary/aromatic N) is 1. The number of nitrogens with one attached hydrogen (secondary N) is 1. The number of non-ortho nitro benzene ring substituents is 1. The number of benzene rings is 1. The minimum Gasteiger partial charge on any atom is -0.365 e. The number of anilines is 1. The van der Waals surface area contributed by atoms with E-state index in [1.165, 1.54) is 23.5 Å². The van der Waals surface area contributed by atoms with Crippen LogP contribution in [-0.2, 0) is 12.8 Å². The summed E-state index contributed by atoms with van der Waals surface area (Å²) >= 11 is 7.27. The zero-order valence-corrected chi connectivity index (χ0v) is 13.9. The summed E-state index contributed by atoms with van der Waals surface area (Å²) in [6.45, 7) is 0. The number of aryl methyl sites for hydroxylation is 1. The van der Waals surface area contributed by atoms with Crippen LogP contribution in [0, 0.1) is 10.1 Å². The number of hydrogen-bond donors (Lipinski definition) is 2. The Morgan fingerprint density at radius 3 is 2.75 bits per heavy atom. The van der Waals surface area contributed by atoms with Crippen LogP contribution >= 0.6 is 22.9 Å². The Balaban J connectivity index is 1.95. The highest BCUT2D eigenvalue weighted by Gasteiger charge is 2.27. The third-order valence-corrected chi connectivity index (χ3v) is 5.34. The minimum atomic E-state index is -0.619. The molecule has 7 nitrogen and oxygen atoms in total. The van der Waals surface area contributed by atoms with Gasteiger partial charge in [0.1, 0.15) is 5.00 Å². The standard InChI is InChI=1S/C15H12ClN3O4S/c16-10-5-4-7(19(22)23)6-9(10)14(21)18-15-12(13(17)20)8-2-1-3-11(8)24-15/h4-6H,1-3H2,(H2,17,20)(H,18,21). The number of nitro benzene ring substituents is 1. The molecule has 1 aromatic carbocycles. The maximum atomic E-state index is 12.4. The van der Waals surface area contributed by atoms with E-state index in [4.69, 9.17) is 17.3 Å². The molecule has 0 aliphatic heterocycles. The summed E-state index contributed by atoms with van der Waals surface area (Å²) in [5, 5.41) is 13.9. The van der Waals surface area contributed by atoms with Gasteiger partial charge in [-0.15, -0.1) is 11.3 Å². The Morgan fingerprint density at radius 1 is 1.33 bits per heavy atom. The molecule has 2 amide bonds. The number of fused-ring (bicyclic) bond motifs is 1. The van der Waals surface area contributed by atoms with Crippen molar-refractivity contribution in [2.75, 3.05) is 5.32 Å². The second kappa shape index (κ2) is 6.21. The van der Waals surface area contributed by atoms with E-state index in [-0.39, 0.29) is 16.3 Å². The predicted octanol–water partition coefficient (Wildman–Crippen LogP) is 3.15. The van der Waals surface area contributed by atoms with Gasteiger partial charge in [0, 0.05) is 17.0 Å². The maximum absolute atomic E-state index is 12.4. The number of nitrogens with two attached hydrogens (primary N) is 1. The van der Waals surface area contributed by atoms with E-state index >= 15 is 0 Å². The van der Waals surface area contributed by atoms with Crippen LogP contribution in [0.3, 0.4) is 0 Å². The smallest absolute Gasteiger partial charge is 0.270 e. The van der Waals surface area contributed by atoms with E-state index in [1.807, 2.05) is 0 Å². The molecule has 124 valence electrons. The van der Waals surface area contributed by atoms with Gasteiger partial charge in [0.15, 0.2) is 0 Å². The lowest BCUT2D eigenvalue weighted by Gasteiger charge is -2.07. The fraction of sp³-hybridized carbons (Fsp3) is 0.200. The third kappa shape index (κ3) is 2.85. The van der Waals surface area contributed by atoms with Gasteiger partial charge in [0.25, 0.3) is 17.5 Å². The topological polar surface area (TPSA) is 115 Å². The first-order chi connectivity index (χ1) is 11.4. The average molecular weight is 366 g/mol. The summed E-state index contributed by atoms with van der Waals surface area (Å²) in [6.07, 6.45) is 2.54. The molecular formula is C15H12ClN3O4S. The lowest BCUT2D eigenvalue weighted by Crippen LogP contribution is -2.18. The zero-order valence-electron chi connectivity index (χ0n) is 12.3. The van der Waals surface area contributed by atoms with Crippen LogP contribution in [0.5, 0.6) is 0 Å². The molecule has 0 fully saturated rings. The molecule has 0 saturated heterocycles. The Kier molecular flexibility index (Phi) is 4.25. The van der Waals surface area contributed by atoms with Gasteiger partial charge in [-0.2, -0.15) is 0 Å². The van der Waals surface area contributed by atoms with Crippen molar-refractivity contribution in [1.29, 1.82) is 0 Å². The summed E-state index contributed by atoms with van der Waals surface area (Å²) in [5.74, 6) is -1.22. The number of carbonyl (C=O) groups is 2. The molecule has 1 aliphatic rings. The number of nitro groups is 1. The van der Waals surface area contributed by atoms with Gasteiger partial charge >= 0.3 is 0 Å². The average Bonchev–Trinajstić information content (AvgIpc) is 3.07. The largest absolute Gasteiger partial charge is 0.365 e. The van der Waals surface area contributed by atoms with Crippen molar-refractivity contribution in [2.45, 2.75) is 19.3 Å². The summed E-state index contributed by atoms with van der Waals surface area (Å²) in [5.41, 5.74) is 6.37. The van der Waals surface area contributed by atoms with Crippen LogP contribution < -0.4 is 11.1 Å². The van der Waals surface area contributed by atoms with Gasteiger partial charge < -0.3 is 11.1 Å². The number of halogens is 1.